The molecule has 6 heteroatoms. The Labute approximate surface area is 160 Å². The van der Waals surface area contributed by atoms with Crippen molar-refractivity contribution in [2.45, 2.75) is 45.6 Å². The quantitative estimate of drug-likeness (QED) is 0.696. The lowest BCUT2D eigenvalue weighted by atomic mass is 9.95. The highest BCUT2D eigenvalue weighted by Gasteiger charge is 2.25. The molecule has 4 heterocycles. The van der Waals surface area contributed by atoms with Gasteiger partial charge < -0.3 is 9.47 Å². The van der Waals surface area contributed by atoms with Gasteiger partial charge in [-0.05, 0) is 38.3 Å². The van der Waals surface area contributed by atoms with Crippen LogP contribution in [0.3, 0.4) is 0 Å². The zero-order valence-corrected chi connectivity index (χ0v) is 16.0. The summed E-state index contributed by atoms with van der Waals surface area (Å²) < 4.78 is 2.25. The van der Waals surface area contributed by atoms with E-state index in [1.54, 1.807) is 0 Å². The average Bonchev–Trinajstić information content (AvgIpc) is 3.17. The second kappa shape index (κ2) is 7.86. The van der Waals surface area contributed by atoms with E-state index in [1.165, 1.54) is 11.4 Å². The van der Waals surface area contributed by atoms with Crippen molar-refractivity contribution in [3.63, 3.8) is 0 Å². The summed E-state index contributed by atoms with van der Waals surface area (Å²) in [4.78, 5) is 20.6. The molecule has 0 bridgehead atoms. The molecule has 0 aliphatic carbocycles. The molecule has 1 saturated heterocycles. The minimum absolute atomic E-state index is 0.480. The fourth-order valence-electron chi connectivity index (χ4n) is 3.84. The Kier molecular flexibility index (Phi) is 5.14. The number of anilines is 1. The van der Waals surface area contributed by atoms with Crippen LogP contribution < -0.4 is 4.90 Å². The largest absolute Gasteiger partial charge is 0.356 e. The van der Waals surface area contributed by atoms with Gasteiger partial charge in [0.1, 0.15) is 17.5 Å². The summed E-state index contributed by atoms with van der Waals surface area (Å²) in [5.74, 6) is 3.61. The van der Waals surface area contributed by atoms with E-state index >= 15 is 0 Å². The predicted molar refractivity (Wildman–Crippen MR) is 106 cm³/mol. The number of hydrogen-bond acceptors (Lipinski definition) is 5. The molecule has 0 radical (unpaired) electrons. The molecule has 0 N–H and O–H groups in total. The maximum atomic E-state index is 4.71. The van der Waals surface area contributed by atoms with Crippen molar-refractivity contribution >= 4 is 5.82 Å². The molecule has 3 aromatic rings. The molecule has 1 aliphatic rings. The molecule has 6 nitrogen and oxygen atoms in total. The number of nitrogens with zero attached hydrogens (tertiary/aromatic N) is 6. The molecule has 0 amide bonds. The molecule has 1 fully saturated rings. The molecule has 3 aromatic heterocycles. The lowest BCUT2D eigenvalue weighted by Gasteiger charge is -2.33. The van der Waals surface area contributed by atoms with Crippen LogP contribution in [0.4, 0.5) is 5.82 Å². The van der Waals surface area contributed by atoms with Crippen molar-refractivity contribution in [3.05, 3.63) is 65.9 Å². The van der Waals surface area contributed by atoms with Gasteiger partial charge in [-0.3, -0.25) is 4.98 Å². The van der Waals surface area contributed by atoms with Gasteiger partial charge in [-0.2, -0.15) is 0 Å². The van der Waals surface area contributed by atoms with E-state index in [9.17, 15) is 0 Å². The van der Waals surface area contributed by atoms with Crippen LogP contribution in [0.5, 0.6) is 0 Å². The maximum Gasteiger partial charge on any atom is 0.135 e. The van der Waals surface area contributed by atoms with Crippen LogP contribution in [0.15, 0.2) is 43.0 Å². The van der Waals surface area contributed by atoms with Crippen molar-refractivity contribution in [1.82, 2.24) is 24.5 Å². The molecule has 0 unspecified atom stereocenters. The minimum Gasteiger partial charge on any atom is -0.356 e. The fraction of sp³-hybridized carbons (Fsp3) is 0.429. The SMILES string of the molecule is CCc1cnc(C)nc1N1CCC(c2nccn2Cc2ccccn2)CC1. The normalized spacial score (nSPS) is 15.3. The van der Waals surface area contributed by atoms with E-state index in [0.717, 1.165) is 56.2 Å². The number of aromatic nitrogens is 5. The Hall–Kier alpha value is -2.76. The van der Waals surface area contributed by atoms with Gasteiger partial charge in [0.05, 0.1) is 12.2 Å². The predicted octanol–water partition coefficient (Wildman–Crippen LogP) is 3.37. The number of aryl methyl sites for hydroxylation is 2. The topological polar surface area (TPSA) is 59.7 Å². The average molecular weight is 362 g/mol. The lowest BCUT2D eigenvalue weighted by molar-refractivity contribution is 0.466. The van der Waals surface area contributed by atoms with Crippen LogP contribution in [0.1, 0.15) is 48.6 Å². The third kappa shape index (κ3) is 3.84. The minimum atomic E-state index is 0.480. The van der Waals surface area contributed by atoms with E-state index in [1.807, 2.05) is 37.6 Å². The summed E-state index contributed by atoms with van der Waals surface area (Å²) in [5, 5.41) is 0. The van der Waals surface area contributed by atoms with Crippen LogP contribution in [-0.4, -0.2) is 37.6 Å². The summed E-state index contributed by atoms with van der Waals surface area (Å²) in [6.07, 6.45) is 10.9. The van der Waals surface area contributed by atoms with Crippen molar-refractivity contribution in [3.8, 4) is 0 Å². The summed E-state index contributed by atoms with van der Waals surface area (Å²) >= 11 is 0. The second-order valence-corrected chi connectivity index (χ2v) is 7.12. The zero-order valence-electron chi connectivity index (χ0n) is 16.0. The third-order valence-electron chi connectivity index (χ3n) is 5.31. The molecule has 140 valence electrons. The van der Waals surface area contributed by atoms with Crippen LogP contribution >= 0.6 is 0 Å². The van der Waals surface area contributed by atoms with Gasteiger partial charge in [0.25, 0.3) is 0 Å². The molecule has 1 aliphatic heterocycles. The third-order valence-corrected chi connectivity index (χ3v) is 5.31. The summed E-state index contributed by atoms with van der Waals surface area (Å²) in [6.45, 7) is 6.92. The number of imidazole rings is 1. The van der Waals surface area contributed by atoms with E-state index in [4.69, 9.17) is 4.98 Å². The molecule has 0 aromatic carbocycles. The second-order valence-electron chi connectivity index (χ2n) is 7.12. The highest BCUT2D eigenvalue weighted by Crippen LogP contribution is 2.30. The van der Waals surface area contributed by atoms with Crippen molar-refractivity contribution in [1.29, 1.82) is 0 Å². The Balaban J connectivity index is 1.46. The summed E-state index contributed by atoms with van der Waals surface area (Å²) in [5.41, 5.74) is 2.30. The Morgan fingerprint density at radius 1 is 1.07 bits per heavy atom. The van der Waals surface area contributed by atoms with Gasteiger partial charge in [0.2, 0.25) is 0 Å². The van der Waals surface area contributed by atoms with Crippen LogP contribution in [0, 0.1) is 6.92 Å². The van der Waals surface area contributed by atoms with Gasteiger partial charge in [-0.25, -0.2) is 15.0 Å². The first kappa shape index (κ1) is 17.6. The van der Waals surface area contributed by atoms with Gasteiger partial charge in [0, 0.05) is 49.4 Å². The van der Waals surface area contributed by atoms with Crippen molar-refractivity contribution < 1.29 is 0 Å². The number of hydrogen-bond donors (Lipinski definition) is 0. The Morgan fingerprint density at radius 2 is 1.93 bits per heavy atom. The van der Waals surface area contributed by atoms with E-state index in [2.05, 4.69) is 43.6 Å². The molecule has 27 heavy (non-hydrogen) atoms. The highest BCUT2D eigenvalue weighted by molar-refractivity contribution is 5.46. The molecular formula is C21H26N6. The first-order valence-electron chi connectivity index (χ1n) is 9.73. The highest BCUT2D eigenvalue weighted by atomic mass is 15.2. The van der Waals surface area contributed by atoms with Crippen molar-refractivity contribution in [2.75, 3.05) is 18.0 Å². The monoisotopic (exact) mass is 362 g/mol. The zero-order chi connectivity index (χ0) is 18.6. The number of pyridine rings is 1. The van der Waals surface area contributed by atoms with Gasteiger partial charge in [0.15, 0.2) is 0 Å². The standard InChI is InChI=1S/C21H26N6/c1-3-17-14-24-16(2)25-21(17)26-11-7-18(8-12-26)20-23-10-13-27(20)15-19-6-4-5-9-22-19/h4-6,9-10,13-14,18H,3,7-8,11-12,15H2,1-2H3. The Morgan fingerprint density at radius 3 is 2.67 bits per heavy atom. The van der Waals surface area contributed by atoms with Gasteiger partial charge in [-0.15, -0.1) is 0 Å². The van der Waals surface area contributed by atoms with Gasteiger partial charge in [-0.1, -0.05) is 13.0 Å². The Bertz CT molecular complexity index is 881. The smallest absolute Gasteiger partial charge is 0.135 e. The maximum absolute atomic E-state index is 4.71. The molecular weight excluding hydrogens is 336 g/mol. The van der Waals surface area contributed by atoms with E-state index in [-0.39, 0.29) is 0 Å². The molecule has 0 spiro atoms. The number of rotatable bonds is 5. The van der Waals surface area contributed by atoms with E-state index in [0.29, 0.717) is 5.92 Å². The van der Waals surface area contributed by atoms with Crippen LogP contribution in [0.2, 0.25) is 0 Å². The lowest BCUT2D eigenvalue weighted by Crippen LogP contribution is -2.35. The first-order valence-corrected chi connectivity index (χ1v) is 9.73. The summed E-state index contributed by atoms with van der Waals surface area (Å²) in [7, 11) is 0. The van der Waals surface area contributed by atoms with Crippen molar-refractivity contribution in [2.24, 2.45) is 0 Å². The summed E-state index contributed by atoms with van der Waals surface area (Å²) in [6, 6.07) is 6.05. The molecule has 0 saturated carbocycles. The number of piperidine rings is 1. The fourth-order valence-corrected chi connectivity index (χ4v) is 3.84. The van der Waals surface area contributed by atoms with E-state index < -0.39 is 0 Å². The molecule has 4 rings (SSSR count). The van der Waals surface area contributed by atoms with Crippen LogP contribution in [0.25, 0.3) is 0 Å². The first-order chi connectivity index (χ1) is 13.2. The molecule has 0 atom stereocenters. The van der Waals surface area contributed by atoms with Gasteiger partial charge >= 0.3 is 0 Å². The van der Waals surface area contributed by atoms with Crippen LogP contribution in [-0.2, 0) is 13.0 Å².